The van der Waals surface area contributed by atoms with Gasteiger partial charge in [0.15, 0.2) is 14.6 Å². The summed E-state index contributed by atoms with van der Waals surface area (Å²) in [5, 5.41) is 5.83. The van der Waals surface area contributed by atoms with Crippen molar-refractivity contribution in [3.63, 3.8) is 0 Å². The lowest BCUT2D eigenvalue weighted by Gasteiger charge is -2.35. The van der Waals surface area contributed by atoms with Gasteiger partial charge in [-0.25, -0.2) is 12.8 Å². The van der Waals surface area contributed by atoms with Crippen LogP contribution in [0.15, 0.2) is 24.3 Å². The molecular weight excluding hydrogens is 319 g/mol. The normalized spacial score (nSPS) is 19.1. The second kappa shape index (κ2) is 6.97. The molecule has 0 saturated carbocycles. The first-order chi connectivity index (χ1) is 10.8. The molecule has 2 rings (SSSR count). The van der Waals surface area contributed by atoms with Crippen LogP contribution in [0.1, 0.15) is 25.3 Å². The minimum Gasteiger partial charge on any atom is -0.352 e. The van der Waals surface area contributed by atoms with Crippen molar-refractivity contribution in [3.8, 4) is 0 Å². The number of carbonyl (C=O) groups excluding carboxylic acids is 1. The highest BCUT2D eigenvalue weighted by atomic mass is 32.2. The minimum atomic E-state index is -3.54. The molecule has 1 amide bonds. The van der Waals surface area contributed by atoms with Gasteiger partial charge in [-0.2, -0.15) is 0 Å². The molecule has 1 aromatic rings. The second-order valence-electron chi connectivity index (χ2n) is 6.19. The van der Waals surface area contributed by atoms with Crippen LogP contribution in [0.25, 0.3) is 0 Å². The number of hydrogen-bond donors (Lipinski definition) is 2. The second-order valence-corrected chi connectivity index (χ2v) is 8.51. The Labute approximate surface area is 136 Å². The number of piperidine rings is 1. The van der Waals surface area contributed by atoms with Crippen LogP contribution in [-0.2, 0) is 21.1 Å². The summed E-state index contributed by atoms with van der Waals surface area (Å²) in [6, 6.07) is 6.02. The lowest BCUT2D eigenvalue weighted by molar-refractivity contribution is -0.124. The molecule has 1 unspecified atom stereocenters. The summed E-state index contributed by atoms with van der Waals surface area (Å²) in [6.45, 7) is 2.73. The molecule has 23 heavy (non-hydrogen) atoms. The van der Waals surface area contributed by atoms with Crippen LogP contribution >= 0.6 is 0 Å². The van der Waals surface area contributed by atoms with Crippen molar-refractivity contribution in [1.29, 1.82) is 0 Å². The Kier molecular flexibility index (Phi) is 5.41. The van der Waals surface area contributed by atoms with Crippen molar-refractivity contribution in [2.45, 2.75) is 37.0 Å². The third-order valence-corrected chi connectivity index (χ3v) is 6.41. The van der Waals surface area contributed by atoms with Gasteiger partial charge in [0.1, 0.15) is 5.82 Å². The fourth-order valence-electron chi connectivity index (χ4n) is 3.00. The van der Waals surface area contributed by atoms with Gasteiger partial charge in [-0.15, -0.1) is 0 Å². The molecule has 0 bridgehead atoms. The van der Waals surface area contributed by atoms with Gasteiger partial charge in [-0.1, -0.05) is 18.2 Å². The molecule has 0 radical (unpaired) electrons. The average Bonchev–Trinajstić information content (AvgIpc) is 2.49. The van der Waals surface area contributed by atoms with Crippen molar-refractivity contribution in [3.05, 3.63) is 35.6 Å². The van der Waals surface area contributed by atoms with Crippen LogP contribution < -0.4 is 10.6 Å². The van der Waals surface area contributed by atoms with Gasteiger partial charge in [-0.3, -0.25) is 4.79 Å². The molecule has 0 spiro atoms. The van der Waals surface area contributed by atoms with E-state index in [9.17, 15) is 17.6 Å². The molecule has 128 valence electrons. The summed E-state index contributed by atoms with van der Waals surface area (Å²) in [4.78, 5) is 12.6. The van der Waals surface area contributed by atoms with Crippen molar-refractivity contribution in [2.75, 3.05) is 19.3 Å². The quantitative estimate of drug-likeness (QED) is 0.838. The van der Waals surface area contributed by atoms with Crippen LogP contribution in [0.3, 0.4) is 0 Å². The Morgan fingerprint density at radius 2 is 1.96 bits per heavy atom. The van der Waals surface area contributed by atoms with E-state index in [-0.39, 0.29) is 24.7 Å². The fourth-order valence-corrected chi connectivity index (χ4v) is 4.34. The smallest absolute Gasteiger partial charge is 0.241 e. The van der Waals surface area contributed by atoms with Crippen LogP contribution in [0, 0.1) is 5.82 Å². The van der Waals surface area contributed by atoms with Crippen LogP contribution in [0.5, 0.6) is 0 Å². The summed E-state index contributed by atoms with van der Waals surface area (Å²) in [5.41, 5.74) is 0.499. The topological polar surface area (TPSA) is 75.3 Å². The molecule has 1 atom stereocenters. The zero-order valence-corrected chi connectivity index (χ0v) is 14.2. The number of halogens is 1. The van der Waals surface area contributed by atoms with Gasteiger partial charge < -0.3 is 10.6 Å². The van der Waals surface area contributed by atoms with Crippen LogP contribution in [0.4, 0.5) is 4.39 Å². The molecule has 1 saturated heterocycles. The molecule has 1 fully saturated rings. The summed E-state index contributed by atoms with van der Waals surface area (Å²) in [7, 11) is -3.54. The van der Waals surface area contributed by atoms with Gasteiger partial charge in [-0.05, 0) is 50.9 Å². The van der Waals surface area contributed by atoms with E-state index in [0.29, 0.717) is 25.1 Å². The minimum absolute atomic E-state index is 0.254. The highest BCUT2D eigenvalue weighted by Crippen LogP contribution is 2.28. The standard InChI is InChI=1S/C16H23FN2O3S/c1-12(11-13-5-3-4-6-14(13)17)19-15(20)16(23(2,21)22)7-9-18-10-8-16/h3-6,12,18H,7-11H2,1-2H3,(H,19,20). The van der Waals surface area contributed by atoms with Gasteiger partial charge in [0.05, 0.1) is 0 Å². The van der Waals surface area contributed by atoms with E-state index in [4.69, 9.17) is 0 Å². The zero-order valence-electron chi connectivity index (χ0n) is 13.4. The third-order valence-electron chi connectivity index (χ3n) is 4.40. The predicted molar refractivity (Wildman–Crippen MR) is 87.4 cm³/mol. The maximum Gasteiger partial charge on any atom is 0.241 e. The monoisotopic (exact) mass is 342 g/mol. The molecule has 1 aromatic carbocycles. The summed E-state index contributed by atoms with van der Waals surface area (Å²) >= 11 is 0. The lowest BCUT2D eigenvalue weighted by atomic mass is 9.95. The Bertz CT molecular complexity index is 670. The van der Waals surface area contributed by atoms with Crippen LogP contribution in [-0.4, -0.2) is 44.5 Å². The van der Waals surface area contributed by atoms with Crippen LogP contribution in [0.2, 0.25) is 0 Å². The molecule has 0 aliphatic carbocycles. The molecule has 2 N–H and O–H groups in total. The fraction of sp³-hybridized carbons (Fsp3) is 0.562. The summed E-state index contributed by atoms with van der Waals surface area (Å²) < 4.78 is 36.7. The van der Waals surface area contributed by atoms with E-state index in [1.807, 2.05) is 0 Å². The van der Waals surface area contributed by atoms with E-state index >= 15 is 0 Å². The van der Waals surface area contributed by atoms with Crippen molar-refractivity contribution < 1.29 is 17.6 Å². The molecular formula is C16H23FN2O3S. The SMILES string of the molecule is CC(Cc1ccccc1F)NC(=O)C1(S(C)(=O)=O)CCNCC1. The number of sulfone groups is 1. The first kappa shape index (κ1) is 17.9. The first-order valence-corrected chi connectivity index (χ1v) is 9.60. The largest absolute Gasteiger partial charge is 0.352 e. The number of hydrogen-bond acceptors (Lipinski definition) is 4. The highest BCUT2D eigenvalue weighted by molar-refractivity contribution is 7.92. The summed E-state index contributed by atoms with van der Waals surface area (Å²) in [5.74, 6) is -0.807. The van der Waals surface area contributed by atoms with Gasteiger partial charge in [0.25, 0.3) is 0 Å². The maximum atomic E-state index is 13.7. The lowest BCUT2D eigenvalue weighted by Crippen LogP contribution is -2.58. The average molecular weight is 342 g/mol. The molecule has 5 nitrogen and oxygen atoms in total. The van der Waals surface area contributed by atoms with E-state index in [1.54, 1.807) is 25.1 Å². The zero-order chi connectivity index (χ0) is 17.1. The number of rotatable bonds is 5. The Balaban J connectivity index is 2.11. The number of benzene rings is 1. The van der Waals surface area contributed by atoms with E-state index in [1.165, 1.54) is 6.07 Å². The highest BCUT2D eigenvalue weighted by Gasteiger charge is 2.48. The molecule has 1 heterocycles. The maximum absolute atomic E-state index is 13.7. The van der Waals surface area contributed by atoms with Gasteiger partial charge >= 0.3 is 0 Å². The van der Waals surface area contributed by atoms with E-state index in [0.717, 1.165) is 6.26 Å². The molecule has 7 heteroatoms. The first-order valence-electron chi connectivity index (χ1n) is 7.71. The Hall–Kier alpha value is -1.47. The predicted octanol–water partition coefficient (Wildman–Crippen LogP) is 1.04. The number of carbonyl (C=O) groups is 1. The van der Waals surface area contributed by atoms with Crippen molar-refractivity contribution in [1.82, 2.24) is 10.6 Å². The number of amides is 1. The number of nitrogens with one attached hydrogen (secondary N) is 2. The van der Waals surface area contributed by atoms with E-state index < -0.39 is 20.5 Å². The van der Waals surface area contributed by atoms with Gasteiger partial charge in [0.2, 0.25) is 5.91 Å². The Morgan fingerprint density at radius 3 is 2.52 bits per heavy atom. The molecule has 1 aliphatic rings. The van der Waals surface area contributed by atoms with E-state index in [2.05, 4.69) is 10.6 Å². The van der Waals surface area contributed by atoms with Crippen molar-refractivity contribution in [2.24, 2.45) is 0 Å². The summed E-state index contributed by atoms with van der Waals surface area (Å²) in [6.07, 6.45) is 1.93. The van der Waals surface area contributed by atoms with Crippen molar-refractivity contribution >= 4 is 15.7 Å². The Morgan fingerprint density at radius 1 is 1.35 bits per heavy atom. The van der Waals surface area contributed by atoms with Gasteiger partial charge in [0, 0.05) is 12.3 Å². The third kappa shape index (κ3) is 3.90. The molecule has 1 aliphatic heterocycles. The molecule has 0 aromatic heterocycles.